The van der Waals surface area contributed by atoms with Crippen molar-refractivity contribution >= 4 is 33.2 Å². The van der Waals surface area contributed by atoms with Crippen molar-refractivity contribution in [3.8, 4) is 0 Å². The Morgan fingerprint density at radius 3 is 2.44 bits per heavy atom. The lowest BCUT2D eigenvalue weighted by Gasteiger charge is -2.31. The standard InChI is InChI=1S/C28H29N5O5S/c1-38-28(35)31-23-7-9-24(10-8-23)39(36,37)32-14-11-21(12-15-32)22-13-16-33-26(17-22)25(19-30-33)27(34)29-18-20-5-3-2-4-6-20/h2-10,13,16-17,19,21H,11-12,14-15,18H2,1H3,(H,29,34)(H,31,35). The Labute approximate surface area is 226 Å². The number of piperidine rings is 1. The first-order valence-corrected chi connectivity index (χ1v) is 14.0. The smallest absolute Gasteiger partial charge is 0.411 e. The summed E-state index contributed by atoms with van der Waals surface area (Å²) in [4.78, 5) is 24.4. The zero-order valence-corrected chi connectivity index (χ0v) is 22.2. The first-order chi connectivity index (χ1) is 18.8. The molecule has 1 saturated heterocycles. The van der Waals surface area contributed by atoms with Crippen LogP contribution in [-0.2, 0) is 21.3 Å². The number of fused-ring (bicyclic) bond motifs is 1. The number of sulfonamides is 1. The number of carbonyl (C=O) groups excluding carboxylic acids is 2. The third-order valence-corrected chi connectivity index (χ3v) is 8.85. The molecule has 0 spiro atoms. The van der Waals surface area contributed by atoms with E-state index in [1.165, 1.54) is 35.7 Å². The van der Waals surface area contributed by atoms with Crippen molar-refractivity contribution in [2.75, 3.05) is 25.5 Å². The van der Waals surface area contributed by atoms with Crippen LogP contribution in [-0.4, -0.2) is 54.5 Å². The average molecular weight is 548 g/mol. The number of methoxy groups -OCH3 is 1. The van der Waals surface area contributed by atoms with Crippen LogP contribution >= 0.6 is 0 Å². The van der Waals surface area contributed by atoms with Crippen LogP contribution in [0.5, 0.6) is 0 Å². The van der Waals surface area contributed by atoms with E-state index in [0.29, 0.717) is 49.2 Å². The molecule has 1 aliphatic rings. The molecule has 2 N–H and O–H groups in total. The molecule has 11 heteroatoms. The van der Waals surface area contributed by atoms with Gasteiger partial charge in [0.1, 0.15) is 0 Å². The predicted octanol–water partition coefficient (Wildman–Crippen LogP) is 4.01. The number of hydrogen-bond acceptors (Lipinski definition) is 6. The lowest BCUT2D eigenvalue weighted by atomic mass is 9.90. The molecule has 10 nitrogen and oxygen atoms in total. The molecule has 2 aromatic heterocycles. The fraction of sp³-hybridized carbons (Fsp3) is 0.250. The number of rotatable bonds is 7. The third kappa shape index (κ3) is 5.79. The lowest BCUT2D eigenvalue weighted by molar-refractivity contribution is 0.0952. The summed E-state index contributed by atoms with van der Waals surface area (Å²) in [7, 11) is -2.41. The number of anilines is 1. The van der Waals surface area contributed by atoms with Gasteiger partial charge in [-0.15, -0.1) is 0 Å². The Morgan fingerprint density at radius 1 is 1.03 bits per heavy atom. The van der Waals surface area contributed by atoms with Crippen molar-refractivity contribution in [1.82, 2.24) is 19.2 Å². The van der Waals surface area contributed by atoms with Crippen molar-refractivity contribution in [1.29, 1.82) is 0 Å². The quantitative estimate of drug-likeness (QED) is 0.361. The van der Waals surface area contributed by atoms with Crippen molar-refractivity contribution in [3.63, 3.8) is 0 Å². The Bertz CT molecular complexity index is 1580. The summed E-state index contributed by atoms with van der Waals surface area (Å²) in [5.41, 5.74) is 3.73. The molecule has 0 unspecified atom stereocenters. The van der Waals surface area contributed by atoms with Crippen LogP contribution < -0.4 is 10.6 Å². The van der Waals surface area contributed by atoms with Crippen LogP contribution in [0.3, 0.4) is 0 Å². The minimum absolute atomic E-state index is 0.156. The molecule has 0 atom stereocenters. The second-order valence-corrected chi connectivity index (χ2v) is 11.3. The molecule has 0 bridgehead atoms. The fourth-order valence-electron chi connectivity index (χ4n) is 4.76. The number of pyridine rings is 1. The molecule has 202 valence electrons. The molecule has 2 amide bonds. The molecule has 0 aliphatic carbocycles. The molecule has 39 heavy (non-hydrogen) atoms. The summed E-state index contributed by atoms with van der Waals surface area (Å²) < 4.78 is 34.1. The predicted molar refractivity (Wildman–Crippen MR) is 146 cm³/mol. The molecule has 2 aromatic carbocycles. The number of nitrogens with zero attached hydrogens (tertiary/aromatic N) is 3. The highest BCUT2D eigenvalue weighted by atomic mass is 32.2. The third-order valence-electron chi connectivity index (χ3n) is 6.94. The molecule has 5 rings (SSSR count). The van der Waals surface area contributed by atoms with Crippen LogP contribution in [0.2, 0.25) is 0 Å². The molecule has 3 heterocycles. The molecule has 1 fully saturated rings. The maximum atomic E-state index is 13.2. The Morgan fingerprint density at radius 2 is 1.74 bits per heavy atom. The number of hydrogen-bond donors (Lipinski definition) is 2. The van der Waals surface area contributed by atoms with Gasteiger partial charge in [0.2, 0.25) is 10.0 Å². The topological polar surface area (TPSA) is 122 Å². The number of ether oxygens (including phenoxy) is 1. The minimum atomic E-state index is -3.67. The van der Waals surface area contributed by atoms with Gasteiger partial charge in [-0.2, -0.15) is 9.40 Å². The van der Waals surface area contributed by atoms with E-state index in [2.05, 4.69) is 20.5 Å². The van der Waals surface area contributed by atoms with Gasteiger partial charge in [0.05, 0.1) is 29.3 Å². The van der Waals surface area contributed by atoms with Gasteiger partial charge in [-0.05, 0) is 66.3 Å². The largest absolute Gasteiger partial charge is 0.453 e. The van der Waals surface area contributed by atoms with Crippen LogP contribution in [0.25, 0.3) is 5.52 Å². The van der Waals surface area contributed by atoms with Gasteiger partial charge in [-0.25, -0.2) is 17.7 Å². The summed E-state index contributed by atoms with van der Waals surface area (Å²) in [5.74, 6) is -0.0390. The van der Waals surface area contributed by atoms with E-state index >= 15 is 0 Å². The summed E-state index contributed by atoms with van der Waals surface area (Å²) >= 11 is 0. The Balaban J connectivity index is 1.24. The first-order valence-electron chi connectivity index (χ1n) is 12.6. The van der Waals surface area contributed by atoms with Gasteiger partial charge < -0.3 is 10.1 Å². The molecular formula is C28H29N5O5S. The minimum Gasteiger partial charge on any atom is -0.453 e. The van der Waals surface area contributed by atoms with Crippen LogP contribution in [0.4, 0.5) is 10.5 Å². The van der Waals surface area contributed by atoms with Gasteiger partial charge >= 0.3 is 6.09 Å². The summed E-state index contributed by atoms with van der Waals surface area (Å²) in [6.07, 6.45) is 4.09. The van der Waals surface area contributed by atoms with Crippen LogP contribution in [0, 0.1) is 0 Å². The molecule has 1 aliphatic heterocycles. The zero-order valence-electron chi connectivity index (χ0n) is 21.4. The SMILES string of the molecule is COC(=O)Nc1ccc(S(=O)(=O)N2CCC(c3ccn4ncc(C(=O)NCc5ccccc5)c4c3)CC2)cc1. The molecular weight excluding hydrogens is 518 g/mol. The lowest BCUT2D eigenvalue weighted by Crippen LogP contribution is -2.37. The van der Waals surface area contributed by atoms with Gasteiger partial charge in [-0.3, -0.25) is 10.1 Å². The molecule has 0 saturated carbocycles. The molecule has 0 radical (unpaired) electrons. The number of amides is 2. The second-order valence-electron chi connectivity index (χ2n) is 9.34. The van der Waals surface area contributed by atoms with E-state index in [0.717, 1.165) is 11.1 Å². The number of carbonyl (C=O) groups is 2. The molecule has 4 aromatic rings. The number of aromatic nitrogens is 2. The van der Waals surface area contributed by atoms with E-state index in [4.69, 9.17) is 0 Å². The Kier molecular flexibility index (Phi) is 7.62. The van der Waals surface area contributed by atoms with Gasteiger partial charge in [0.15, 0.2) is 0 Å². The number of nitrogens with one attached hydrogen (secondary N) is 2. The van der Waals surface area contributed by atoms with Gasteiger partial charge in [0.25, 0.3) is 5.91 Å². The van der Waals surface area contributed by atoms with E-state index in [9.17, 15) is 18.0 Å². The average Bonchev–Trinajstić information content (AvgIpc) is 3.40. The summed E-state index contributed by atoms with van der Waals surface area (Å²) in [6, 6.07) is 19.7. The monoisotopic (exact) mass is 547 g/mol. The zero-order chi connectivity index (χ0) is 27.4. The summed E-state index contributed by atoms with van der Waals surface area (Å²) in [6.45, 7) is 1.18. The first kappa shape index (κ1) is 26.4. The van der Waals surface area contributed by atoms with Gasteiger partial charge in [-0.1, -0.05) is 30.3 Å². The van der Waals surface area contributed by atoms with Crippen molar-refractivity contribution in [2.45, 2.75) is 30.2 Å². The van der Waals surface area contributed by atoms with Gasteiger partial charge in [0, 0.05) is 31.5 Å². The maximum absolute atomic E-state index is 13.2. The van der Waals surface area contributed by atoms with Crippen molar-refractivity contribution in [2.24, 2.45) is 0 Å². The second kappa shape index (κ2) is 11.3. The highest BCUT2D eigenvalue weighted by Crippen LogP contribution is 2.32. The normalized spacial score (nSPS) is 14.7. The fourth-order valence-corrected chi connectivity index (χ4v) is 6.23. The summed E-state index contributed by atoms with van der Waals surface area (Å²) in [5, 5.41) is 9.79. The highest BCUT2D eigenvalue weighted by molar-refractivity contribution is 7.89. The van der Waals surface area contributed by atoms with E-state index in [1.54, 1.807) is 10.7 Å². The van der Waals surface area contributed by atoms with Crippen molar-refractivity contribution in [3.05, 3.63) is 95.8 Å². The maximum Gasteiger partial charge on any atom is 0.411 e. The van der Waals surface area contributed by atoms with E-state index < -0.39 is 16.1 Å². The van der Waals surface area contributed by atoms with Crippen molar-refractivity contribution < 1.29 is 22.7 Å². The van der Waals surface area contributed by atoms with E-state index in [1.807, 2.05) is 48.7 Å². The Hall–Kier alpha value is -4.22. The number of benzene rings is 2. The van der Waals surface area contributed by atoms with Crippen LogP contribution in [0.15, 0.2) is 84.0 Å². The van der Waals surface area contributed by atoms with Crippen LogP contribution in [0.1, 0.15) is 40.2 Å². The highest BCUT2D eigenvalue weighted by Gasteiger charge is 2.30. The van der Waals surface area contributed by atoms with E-state index in [-0.39, 0.29) is 16.7 Å².